The molecule has 0 aliphatic carbocycles. The lowest BCUT2D eigenvalue weighted by Crippen LogP contribution is -2.24. The van der Waals surface area contributed by atoms with Gasteiger partial charge in [-0.1, -0.05) is 25.2 Å². The minimum absolute atomic E-state index is 0.0665. The molecular weight excluding hydrogens is 298 g/mol. The zero-order chi connectivity index (χ0) is 16.3. The summed E-state index contributed by atoms with van der Waals surface area (Å²) in [5.74, 6) is -0.170. The number of anilines is 2. The van der Waals surface area contributed by atoms with Crippen LogP contribution in [0.4, 0.5) is 10.8 Å². The number of nitrogens with zero attached hydrogens (tertiary/aromatic N) is 2. The van der Waals surface area contributed by atoms with Crippen LogP contribution in [-0.2, 0) is 4.79 Å². The molecule has 1 aromatic heterocycles. The zero-order valence-electron chi connectivity index (χ0n) is 13.3. The Labute approximate surface area is 134 Å². The summed E-state index contributed by atoms with van der Waals surface area (Å²) in [4.78, 5) is 30.2. The lowest BCUT2D eigenvalue weighted by molar-refractivity contribution is -0.118. The van der Waals surface area contributed by atoms with Crippen molar-refractivity contribution < 1.29 is 4.79 Å². The monoisotopic (exact) mass is 319 g/mol. The summed E-state index contributed by atoms with van der Waals surface area (Å²) in [5, 5.41) is 4.09. The van der Waals surface area contributed by atoms with Crippen molar-refractivity contribution in [1.82, 2.24) is 4.98 Å². The fourth-order valence-corrected chi connectivity index (χ4v) is 3.15. The summed E-state index contributed by atoms with van der Waals surface area (Å²) in [6.07, 6.45) is 0. The molecule has 0 aliphatic rings. The Hall–Kier alpha value is -1.95. The molecule has 2 rings (SSSR count). The normalized spacial score (nSPS) is 11.0. The largest absolute Gasteiger partial charge is 0.349 e. The lowest BCUT2D eigenvalue weighted by atomic mass is 10.2. The Morgan fingerprint density at radius 2 is 2.00 bits per heavy atom. The average molecular weight is 319 g/mol. The predicted molar refractivity (Wildman–Crippen MR) is 92.9 cm³/mol. The van der Waals surface area contributed by atoms with E-state index in [0.717, 1.165) is 22.9 Å². The van der Waals surface area contributed by atoms with Gasteiger partial charge in [-0.05, 0) is 32.0 Å². The number of fused-ring (bicyclic) bond motifs is 1. The van der Waals surface area contributed by atoms with Gasteiger partial charge in [0.2, 0.25) is 5.91 Å². The first-order valence-corrected chi connectivity index (χ1v) is 8.28. The molecule has 0 spiro atoms. The highest BCUT2D eigenvalue weighted by molar-refractivity contribution is 7.21. The maximum Gasteiger partial charge on any atom is 0.281 e. The minimum atomic E-state index is -0.253. The van der Waals surface area contributed by atoms with Crippen LogP contribution in [0.1, 0.15) is 27.7 Å². The lowest BCUT2D eigenvalue weighted by Gasteiger charge is -2.18. The van der Waals surface area contributed by atoms with Gasteiger partial charge in [0.25, 0.3) is 5.56 Å². The average Bonchev–Trinajstić information content (AvgIpc) is 2.49. The highest BCUT2D eigenvalue weighted by Crippen LogP contribution is 2.26. The molecule has 118 valence electrons. The van der Waals surface area contributed by atoms with Crippen LogP contribution in [-0.4, -0.2) is 24.0 Å². The van der Waals surface area contributed by atoms with Gasteiger partial charge >= 0.3 is 0 Å². The van der Waals surface area contributed by atoms with Crippen molar-refractivity contribution in [3.05, 3.63) is 28.6 Å². The number of carbonyl (C=O) groups is 1. The van der Waals surface area contributed by atoms with E-state index in [-0.39, 0.29) is 17.4 Å². The van der Waals surface area contributed by atoms with E-state index in [1.54, 1.807) is 6.07 Å². The molecular formula is C16H21N3O2S. The molecule has 0 saturated heterocycles. The van der Waals surface area contributed by atoms with E-state index < -0.39 is 0 Å². The van der Waals surface area contributed by atoms with Gasteiger partial charge in [0.1, 0.15) is 0 Å². The smallest absolute Gasteiger partial charge is 0.281 e. The number of aromatic nitrogens is 1. The van der Waals surface area contributed by atoms with Crippen molar-refractivity contribution in [3.63, 3.8) is 0 Å². The Kier molecular flexibility index (Phi) is 5.13. The van der Waals surface area contributed by atoms with Crippen LogP contribution in [0.2, 0.25) is 0 Å². The topological polar surface area (TPSA) is 62.3 Å². The molecule has 22 heavy (non-hydrogen) atoms. The summed E-state index contributed by atoms with van der Waals surface area (Å²) in [6.45, 7) is 9.36. The third kappa shape index (κ3) is 3.44. The fourth-order valence-electron chi connectivity index (χ4n) is 2.05. The van der Waals surface area contributed by atoms with Gasteiger partial charge in [-0.3, -0.25) is 9.59 Å². The second kappa shape index (κ2) is 6.87. The van der Waals surface area contributed by atoms with Crippen LogP contribution in [0.5, 0.6) is 0 Å². The van der Waals surface area contributed by atoms with Crippen molar-refractivity contribution in [2.24, 2.45) is 5.92 Å². The van der Waals surface area contributed by atoms with E-state index in [0.29, 0.717) is 11.1 Å². The second-order valence-electron chi connectivity index (χ2n) is 5.33. The van der Waals surface area contributed by atoms with E-state index in [2.05, 4.69) is 15.2 Å². The molecule has 1 aromatic carbocycles. The Bertz CT molecular complexity index is 736. The molecule has 0 atom stereocenters. The summed E-state index contributed by atoms with van der Waals surface area (Å²) >= 11 is 1.49. The van der Waals surface area contributed by atoms with Crippen LogP contribution in [0.3, 0.4) is 0 Å². The zero-order valence-corrected chi connectivity index (χ0v) is 14.2. The Balaban J connectivity index is 2.43. The molecule has 0 unspecified atom stereocenters. The van der Waals surface area contributed by atoms with Crippen LogP contribution >= 0.6 is 11.3 Å². The molecule has 6 heteroatoms. The van der Waals surface area contributed by atoms with Gasteiger partial charge in [-0.25, -0.2) is 0 Å². The van der Waals surface area contributed by atoms with Crippen LogP contribution in [0, 0.1) is 5.92 Å². The number of hydrogen-bond acceptors (Lipinski definition) is 5. The molecule has 1 amide bonds. The number of nitrogens with one attached hydrogen (secondary N) is 1. The third-order valence-electron chi connectivity index (χ3n) is 3.43. The molecule has 0 aliphatic heterocycles. The SMILES string of the molecule is CCN(CC)c1nc(=O)c2cc(NC(=O)C(C)C)ccc2s1. The van der Waals surface area contributed by atoms with Gasteiger partial charge in [0.05, 0.1) is 5.39 Å². The number of rotatable bonds is 5. The molecule has 0 fully saturated rings. The van der Waals surface area contributed by atoms with Crippen molar-refractivity contribution in [3.8, 4) is 0 Å². The van der Waals surface area contributed by atoms with E-state index >= 15 is 0 Å². The van der Waals surface area contributed by atoms with Crippen LogP contribution < -0.4 is 15.8 Å². The molecule has 0 saturated carbocycles. The summed E-state index contributed by atoms with van der Waals surface area (Å²) < 4.78 is 0.879. The van der Waals surface area contributed by atoms with Crippen LogP contribution in [0.25, 0.3) is 10.1 Å². The van der Waals surface area contributed by atoms with Gasteiger partial charge in [0.15, 0.2) is 5.13 Å². The molecule has 5 nitrogen and oxygen atoms in total. The number of amides is 1. The Morgan fingerprint density at radius 1 is 1.32 bits per heavy atom. The van der Waals surface area contributed by atoms with Gasteiger partial charge in [-0.2, -0.15) is 4.98 Å². The molecule has 0 radical (unpaired) electrons. The first kappa shape index (κ1) is 16.4. The third-order valence-corrected chi connectivity index (χ3v) is 4.54. The van der Waals surface area contributed by atoms with Gasteiger partial charge in [-0.15, -0.1) is 0 Å². The molecule has 2 aromatic rings. The highest BCUT2D eigenvalue weighted by atomic mass is 32.1. The maximum absolute atomic E-state index is 12.3. The van der Waals surface area contributed by atoms with Crippen molar-refractivity contribution in [2.75, 3.05) is 23.3 Å². The number of hydrogen-bond donors (Lipinski definition) is 1. The van der Waals surface area contributed by atoms with Crippen molar-refractivity contribution in [2.45, 2.75) is 27.7 Å². The van der Waals surface area contributed by atoms with E-state index in [4.69, 9.17) is 0 Å². The number of carbonyl (C=O) groups excluding carboxylic acids is 1. The van der Waals surface area contributed by atoms with Gasteiger partial charge < -0.3 is 10.2 Å². The van der Waals surface area contributed by atoms with E-state index in [1.165, 1.54) is 11.3 Å². The molecule has 0 bridgehead atoms. The van der Waals surface area contributed by atoms with E-state index in [1.807, 2.05) is 39.8 Å². The van der Waals surface area contributed by atoms with Crippen LogP contribution in [0.15, 0.2) is 23.0 Å². The summed E-state index contributed by atoms with van der Waals surface area (Å²) in [6, 6.07) is 5.39. The summed E-state index contributed by atoms with van der Waals surface area (Å²) in [7, 11) is 0. The number of benzene rings is 1. The first-order valence-electron chi connectivity index (χ1n) is 7.47. The first-order chi connectivity index (χ1) is 10.5. The second-order valence-corrected chi connectivity index (χ2v) is 6.34. The Morgan fingerprint density at radius 3 is 2.59 bits per heavy atom. The molecule has 1 N–H and O–H groups in total. The van der Waals surface area contributed by atoms with E-state index in [9.17, 15) is 9.59 Å². The minimum Gasteiger partial charge on any atom is -0.349 e. The standard InChI is InChI=1S/C16H21N3O2S/c1-5-19(6-2)16-18-15(21)12-9-11(7-8-13(12)22-16)17-14(20)10(3)4/h7-10H,5-6H2,1-4H3,(H,17,20). The quantitative estimate of drug-likeness (QED) is 0.920. The van der Waals surface area contributed by atoms with Crippen molar-refractivity contribution in [1.29, 1.82) is 0 Å². The fraction of sp³-hybridized carbons (Fsp3) is 0.438. The predicted octanol–water partition coefficient (Wildman–Crippen LogP) is 3.10. The maximum atomic E-state index is 12.3. The van der Waals surface area contributed by atoms with Gasteiger partial charge in [0, 0.05) is 29.4 Å². The highest BCUT2D eigenvalue weighted by Gasteiger charge is 2.11. The van der Waals surface area contributed by atoms with Crippen molar-refractivity contribution >= 4 is 38.1 Å². The molecule has 1 heterocycles. The summed E-state index contributed by atoms with van der Waals surface area (Å²) in [5.41, 5.74) is 0.379.